The Balaban J connectivity index is 3.38. The van der Waals surface area contributed by atoms with Crippen LogP contribution in [0.3, 0.4) is 0 Å². The van der Waals surface area contributed by atoms with Crippen LogP contribution in [-0.2, 0) is 14.3 Å². The number of carbonyl (C=O) groups is 2. The Kier molecular flexibility index (Phi) is 61.9. The lowest BCUT2D eigenvalue weighted by molar-refractivity contribution is -0.143. The fourth-order valence-corrected chi connectivity index (χ4v) is 10.7. The van der Waals surface area contributed by atoms with E-state index in [9.17, 15) is 19.8 Å². The van der Waals surface area contributed by atoms with Crippen molar-refractivity contribution in [3.05, 3.63) is 12.2 Å². The van der Waals surface area contributed by atoms with Crippen LogP contribution >= 0.6 is 0 Å². The molecule has 0 aromatic heterocycles. The number of aliphatic hydroxyl groups excluding tert-OH is 2. The molecule has 0 aliphatic carbocycles. The third-order valence-electron chi connectivity index (χ3n) is 15.8. The number of rotatable bonds is 63. The minimum Gasteiger partial charge on any atom is -0.466 e. The molecule has 0 aromatic carbocycles. The number of hydrogen-bond donors (Lipinski definition) is 3. The molecule has 0 bridgehead atoms. The lowest BCUT2D eigenvalue weighted by Gasteiger charge is -2.22. The topological polar surface area (TPSA) is 95.9 Å². The van der Waals surface area contributed by atoms with Crippen molar-refractivity contribution in [1.82, 2.24) is 5.32 Å². The van der Waals surface area contributed by atoms with Crippen molar-refractivity contribution < 1.29 is 24.5 Å². The van der Waals surface area contributed by atoms with Crippen LogP contribution in [0.4, 0.5) is 0 Å². The predicted octanol–water partition coefficient (Wildman–Crippen LogP) is 21.2. The quantitative estimate of drug-likeness (QED) is 0.0320. The van der Waals surface area contributed by atoms with Crippen LogP contribution in [0.2, 0.25) is 0 Å². The molecule has 0 spiro atoms. The molecule has 0 fully saturated rings. The second-order valence-corrected chi connectivity index (χ2v) is 23.2. The van der Waals surface area contributed by atoms with E-state index in [0.29, 0.717) is 25.9 Å². The van der Waals surface area contributed by atoms with Crippen molar-refractivity contribution in [3.8, 4) is 0 Å². The van der Waals surface area contributed by atoms with Gasteiger partial charge in [0.2, 0.25) is 5.91 Å². The minimum absolute atomic E-state index is 0.00418. The zero-order valence-electron chi connectivity index (χ0n) is 49.6. The molecule has 73 heavy (non-hydrogen) atoms. The van der Waals surface area contributed by atoms with Crippen molar-refractivity contribution in [1.29, 1.82) is 0 Å². The predicted molar refractivity (Wildman–Crippen MR) is 320 cm³/mol. The van der Waals surface area contributed by atoms with E-state index >= 15 is 0 Å². The molecule has 0 aromatic rings. The summed E-state index contributed by atoms with van der Waals surface area (Å²) in [5.74, 6) is -0.0264. The van der Waals surface area contributed by atoms with Crippen LogP contribution in [0.15, 0.2) is 12.2 Å². The first-order valence-corrected chi connectivity index (χ1v) is 33.4. The summed E-state index contributed by atoms with van der Waals surface area (Å²) in [6.07, 6.45) is 76.7. The van der Waals surface area contributed by atoms with Gasteiger partial charge in [-0.2, -0.15) is 0 Å². The summed E-state index contributed by atoms with van der Waals surface area (Å²) in [5.41, 5.74) is 0. The normalized spacial score (nSPS) is 12.5. The molecular weight excluding hydrogens is 899 g/mol. The van der Waals surface area contributed by atoms with Crippen LogP contribution in [0, 0.1) is 0 Å². The average molecular weight is 1030 g/mol. The number of allylic oxidation sites excluding steroid dienone is 2. The summed E-state index contributed by atoms with van der Waals surface area (Å²) in [5, 5.41) is 23.4. The molecule has 3 N–H and O–H groups in total. The Morgan fingerprint density at radius 1 is 0.370 bits per heavy atom. The molecule has 434 valence electrons. The maximum absolute atomic E-state index is 12.5. The fourth-order valence-electron chi connectivity index (χ4n) is 10.7. The number of hydrogen-bond acceptors (Lipinski definition) is 5. The summed E-state index contributed by atoms with van der Waals surface area (Å²) in [6, 6.07) is -0.542. The monoisotopic (exact) mass is 1030 g/mol. The summed E-state index contributed by atoms with van der Waals surface area (Å²) < 4.78 is 5.47. The van der Waals surface area contributed by atoms with E-state index in [1.165, 1.54) is 302 Å². The SMILES string of the molecule is CCCCC/C=C\CCCCCCCC(=O)OCCCCCCCCCCCCCCCCCCCCCCCCC(=O)NC(CO)C(O)CCCCCCCCCCCCCCCCCCCCCCCC. The summed E-state index contributed by atoms with van der Waals surface area (Å²) >= 11 is 0. The largest absolute Gasteiger partial charge is 0.466 e. The van der Waals surface area contributed by atoms with E-state index in [4.69, 9.17) is 4.74 Å². The molecule has 6 nitrogen and oxygen atoms in total. The lowest BCUT2D eigenvalue weighted by atomic mass is 10.0. The third-order valence-corrected chi connectivity index (χ3v) is 15.8. The van der Waals surface area contributed by atoms with Crippen LogP contribution in [-0.4, -0.2) is 47.4 Å². The highest BCUT2D eigenvalue weighted by atomic mass is 16.5. The molecule has 2 atom stereocenters. The number of carbonyl (C=O) groups excluding carboxylic acids is 2. The van der Waals surface area contributed by atoms with Gasteiger partial charge in [0, 0.05) is 12.8 Å². The lowest BCUT2D eigenvalue weighted by Crippen LogP contribution is -2.45. The highest BCUT2D eigenvalue weighted by Gasteiger charge is 2.20. The van der Waals surface area contributed by atoms with Gasteiger partial charge in [0.25, 0.3) is 0 Å². The molecule has 0 aliphatic heterocycles. The van der Waals surface area contributed by atoms with Crippen molar-refractivity contribution in [3.63, 3.8) is 0 Å². The Bertz CT molecular complexity index is 1100. The molecule has 0 rings (SSSR count). The highest BCUT2D eigenvalue weighted by molar-refractivity contribution is 5.76. The van der Waals surface area contributed by atoms with Gasteiger partial charge in [0.05, 0.1) is 25.4 Å². The molecule has 0 saturated heterocycles. The molecule has 0 saturated carbocycles. The van der Waals surface area contributed by atoms with Gasteiger partial charge in [-0.05, 0) is 51.4 Å². The molecule has 0 heterocycles. The van der Waals surface area contributed by atoms with E-state index in [0.717, 1.165) is 44.9 Å². The second kappa shape index (κ2) is 63.1. The minimum atomic E-state index is -0.665. The van der Waals surface area contributed by atoms with Crippen molar-refractivity contribution >= 4 is 11.9 Å². The standard InChI is InChI=1S/C67H131NO5/c1-3-5-7-9-11-13-15-17-18-19-20-21-24-27-30-33-36-39-43-47-51-55-59-65(70)64(63-69)68-66(71)60-56-52-48-44-40-37-34-31-28-25-22-23-26-29-32-35-38-42-46-50-54-58-62-73-67(72)61-57-53-49-45-41-16-14-12-10-8-6-4-2/h12,14,64-65,69-70H,3-11,13,15-63H2,1-2H3,(H,68,71)/b14-12-. The van der Waals surface area contributed by atoms with Gasteiger partial charge in [-0.3, -0.25) is 9.59 Å². The molecule has 1 amide bonds. The van der Waals surface area contributed by atoms with E-state index < -0.39 is 12.1 Å². The van der Waals surface area contributed by atoms with Gasteiger partial charge >= 0.3 is 5.97 Å². The maximum Gasteiger partial charge on any atom is 0.305 e. The zero-order valence-corrected chi connectivity index (χ0v) is 49.6. The first-order chi connectivity index (χ1) is 36.0. The second-order valence-electron chi connectivity index (χ2n) is 23.2. The molecule has 6 heteroatoms. The van der Waals surface area contributed by atoms with Crippen LogP contribution in [0.25, 0.3) is 0 Å². The number of amides is 1. The van der Waals surface area contributed by atoms with Crippen LogP contribution < -0.4 is 5.32 Å². The smallest absolute Gasteiger partial charge is 0.305 e. The van der Waals surface area contributed by atoms with E-state index in [1.807, 2.05) is 0 Å². The molecule has 2 unspecified atom stereocenters. The van der Waals surface area contributed by atoms with E-state index in [1.54, 1.807) is 0 Å². The number of ether oxygens (including phenoxy) is 1. The van der Waals surface area contributed by atoms with Crippen molar-refractivity contribution in [2.75, 3.05) is 13.2 Å². The van der Waals surface area contributed by atoms with Gasteiger partial charge in [-0.15, -0.1) is 0 Å². The van der Waals surface area contributed by atoms with Crippen LogP contribution in [0.5, 0.6) is 0 Å². The number of nitrogens with one attached hydrogen (secondary N) is 1. The molecule has 0 radical (unpaired) electrons. The summed E-state index contributed by atoms with van der Waals surface area (Å²) in [4.78, 5) is 24.6. The summed E-state index contributed by atoms with van der Waals surface area (Å²) in [7, 11) is 0. The van der Waals surface area contributed by atoms with Crippen molar-refractivity contribution in [2.24, 2.45) is 0 Å². The van der Waals surface area contributed by atoms with Gasteiger partial charge in [-0.25, -0.2) is 0 Å². The van der Waals surface area contributed by atoms with Crippen LogP contribution in [0.1, 0.15) is 380 Å². The first-order valence-electron chi connectivity index (χ1n) is 33.4. The van der Waals surface area contributed by atoms with Gasteiger partial charge < -0.3 is 20.3 Å². The third kappa shape index (κ3) is 59.7. The maximum atomic E-state index is 12.5. The number of unbranched alkanes of at least 4 members (excludes halogenated alkanes) is 50. The van der Waals surface area contributed by atoms with Crippen molar-refractivity contribution in [2.45, 2.75) is 392 Å². The number of aliphatic hydroxyl groups is 2. The highest BCUT2D eigenvalue weighted by Crippen LogP contribution is 2.19. The van der Waals surface area contributed by atoms with Gasteiger partial charge in [-0.1, -0.05) is 328 Å². The summed E-state index contributed by atoms with van der Waals surface area (Å²) in [6.45, 7) is 4.96. The molecule has 0 aliphatic rings. The first kappa shape index (κ1) is 71.6. The fraction of sp³-hybridized carbons (Fsp3) is 0.940. The van der Waals surface area contributed by atoms with E-state index in [2.05, 4.69) is 31.3 Å². The number of esters is 1. The van der Waals surface area contributed by atoms with Gasteiger partial charge in [0.1, 0.15) is 0 Å². The molecular formula is C67H131NO5. The zero-order chi connectivity index (χ0) is 52.9. The van der Waals surface area contributed by atoms with E-state index in [-0.39, 0.29) is 18.5 Å². The Morgan fingerprint density at radius 2 is 0.644 bits per heavy atom. The Hall–Kier alpha value is -1.40. The average Bonchev–Trinajstić information content (AvgIpc) is 3.39. The Labute approximate surface area is 457 Å². The Morgan fingerprint density at radius 3 is 1.00 bits per heavy atom. The van der Waals surface area contributed by atoms with Gasteiger partial charge in [0.15, 0.2) is 0 Å².